The lowest BCUT2D eigenvalue weighted by molar-refractivity contribution is 0.307. The first kappa shape index (κ1) is 18.2. The fourth-order valence-corrected chi connectivity index (χ4v) is 3.21. The van der Waals surface area contributed by atoms with Gasteiger partial charge in [0.1, 0.15) is 24.0 Å². The molecule has 0 aliphatic carbocycles. The van der Waals surface area contributed by atoms with E-state index >= 15 is 0 Å². The molecule has 0 aliphatic rings. The van der Waals surface area contributed by atoms with Crippen LogP contribution >= 0.6 is 27.5 Å². The highest BCUT2D eigenvalue weighted by molar-refractivity contribution is 9.10. The fourth-order valence-electron chi connectivity index (χ4n) is 2.64. The van der Waals surface area contributed by atoms with Gasteiger partial charge in [-0.1, -0.05) is 39.7 Å². The summed E-state index contributed by atoms with van der Waals surface area (Å²) in [6, 6.07) is 16.7. The molecule has 130 valence electrons. The van der Waals surface area contributed by atoms with Crippen molar-refractivity contribution in [3.05, 3.63) is 85.2 Å². The van der Waals surface area contributed by atoms with Crippen molar-refractivity contribution in [2.75, 3.05) is 0 Å². The molecular formula is C20H14BrClN2O2. The quantitative estimate of drug-likeness (QED) is 0.618. The Bertz CT molecular complexity index is 1070. The maximum Gasteiger partial charge on any atom is 0.266 e. The Morgan fingerprint density at radius 1 is 1.19 bits per heavy atom. The van der Waals surface area contributed by atoms with Gasteiger partial charge < -0.3 is 9.72 Å². The number of H-pyrrole nitrogens is 1. The van der Waals surface area contributed by atoms with E-state index in [1.807, 2.05) is 42.5 Å². The molecule has 0 spiro atoms. The predicted octanol–water partition coefficient (Wildman–Crippen LogP) is 5.22. The predicted molar refractivity (Wildman–Crippen MR) is 105 cm³/mol. The average Bonchev–Trinajstić information content (AvgIpc) is 2.60. The molecule has 0 atom stereocenters. The molecule has 4 nitrogen and oxygen atoms in total. The van der Waals surface area contributed by atoms with Crippen LogP contribution in [-0.2, 0) is 6.61 Å². The van der Waals surface area contributed by atoms with Crippen LogP contribution < -0.4 is 10.3 Å². The summed E-state index contributed by atoms with van der Waals surface area (Å²) in [6.45, 7) is 2.09. The van der Waals surface area contributed by atoms with Crippen LogP contribution in [-0.4, -0.2) is 4.98 Å². The molecule has 0 saturated carbocycles. The van der Waals surface area contributed by atoms with Crippen LogP contribution in [0.1, 0.15) is 16.8 Å². The lowest BCUT2D eigenvalue weighted by Gasteiger charge is -2.14. The van der Waals surface area contributed by atoms with Crippen LogP contribution in [0, 0.1) is 18.3 Å². The van der Waals surface area contributed by atoms with E-state index in [0.29, 0.717) is 34.2 Å². The van der Waals surface area contributed by atoms with E-state index in [9.17, 15) is 10.1 Å². The molecule has 0 bridgehead atoms. The van der Waals surface area contributed by atoms with Crippen molar-refractivity contribution in [2.45, 2.75) is 13.5 Å². The number of benzene rings is 2. The summed E-state index contributed by atoms with van der Waals surface area (Å²) >= 11 is 9.45. The number of halogens is 2. The second-order valence-corrected chi connectivity index (χ2v) is 7.09. The summed E-state index contributed by atoms with van der Waals surface area (Å²) in [5.74, 6) is 0.578. The van der Waals surface area contributed by atoms with Gasteiger partial charge in [-0.05, 0) is 48.9 Å². The number of aryl methyl sites for hydroxylation is 1. The summed E-state index contributed by atoms with van der Waals surface area (Å²) in [5, 5.41) is 10.1. The molecule has 0 radical (unpaired) electrons. The molecule has 0 amide bonds. The summed E-state index contributed by atoms with van der Waals surface area (Å²) < 4.78 is 6.79. The lowest BCUT2D eigenvalue weighted by atomic mass is 10.00. The number of nitrogens with zero attached hydrogens (tertiary/aromatic N) is 1. The highest BCUT2D eigenvalue weighted by Crippen LogP contribution is 2.34. The molecule has 1 aromatic heterocycles. The standard InChI is InChI=1S/C20H14BrClN2O2/c1-12-7-16(18(10-23)20(25)24-12)17-9-14(21)5-6-19(17)26-11-13-3-2-4-15(22)8-13/h2-9H,11H2,1H3,(H,24,25). The van der Waals surface area contributed by atoms with E-state index in [1.54, 1.807) is 19.1 Å². The monoisotopic (exact) mass is 428 g/mol. The molecule has 3 aromatic rings. The minimum atomic E-state index is -0.414. The van der Waals surface area contributed by atoms with Crippen molar-refractivity contribution in [3.63, 3.8) is 0 Å². The third kappa shape index (κ3) is 3.98. The van der Waals surface area contributed by atoms with Crippen LogP contribution in [0.5, 0.6) is 5.75 Å². The molecule has 2 aromatic carbocycles. The topological polar surface area (TPSA) is 65.9 Å². The van der Waals surface area contributed by atoms with Crippen molar-refractivity contribution in [2.24, 2.45) is 0 Å². The first-order chi connectivity index (χ1) is 12.5. The van der Waals surface area contributed by atoms with E-state index in [1.165, 1.54) is 0 Å². The Kier molecular flexibility index (Phi) is 5.46. The van der Waals surface area contributed by atoms with E-state index in [0.717, 1.165) is 10.0 Å². The number of aromatic nitrogens is 1. The van der Waals surface area contributed by atoms with Crippen molar-refractivity contribution in [1.29, 1.82) is 5.26 Å². The Labute approximate surface area is 164 Å². The third-order valence-corrected chi connectivity index (χ3v) is 4.52. The molecule has 3 rings (SSSR count). The van der Waals surface area contributed by atoms with E-state index in [-0.39, 0.29) is 5.56 Å². The Morgan fingerprint density at radius 2 is 2.00 bits per heavy atom. The molecule has 0 unspecified atom stereocenters. The zero-order chi connectivity index (χ0) is 18.7. The molecule has 6 heteroatoms. The van der Waals surface area contributed by atoms with Gasteiger partial charge in [0.2, 0.25) is 0 Å². The first-order valence-corrected chi connectivity index (χ1v) is 8.96. The van der Waals surface area contributed by atoms with Crippen LogP contribution in [0.2, 0.25) is 5.02 Å². The van der Waals surface area contributed by atoms with Crippen LogP contribution in [0.15, 0.2) is 57.8 Å². The van der Waals surface area contributed by atoms with E-state index in [2.05, 4.69) is 20.9 Å². The number of aromatic amines is 1. The second kappa shape index (κ2) is 7.77. The van der Waals surface area contributed by atoms with Crippen molar-refractivity contribution in [1.82, 2.24) is 4.98 Å². The number of hydrogen-bond donors (Lipinski definition) is 1. The average molecular weight is 430 g/mol. The molecule has 0 fully saturated rings. The SMILES string of the molecule is Cc1cc(-c2cc(Br)ccc2OCc2cccc(Cl)c2)c(C#N)c(=O)[nH]1. The summed E-state index contributed by atoms with van der Waals surface area (Å²) in [6.07, 6.45) is 0. The summed E-state index contributed by atoms with van der Waals surface area (Å²) in [5.41, 5.74) is 2.45. The Balaban J connectivity index is 2.05. The van der Waals surface area contributed by atoms with Gasteiger partial charge in [-0.2, -0.15) is 5.26 Å². The van der Waals surface area contributed by atoms with Gasteiger partial charge in [0, 0.05) is 26.3 Å². The summed E-state index contributed by atoms with van der Waals surface area (Å²) in [7, 11) is 0. The van der Waals surface area contributed by atoms with Gasteiger partial charge in [-0.25, -0.2) is 0 Å². The molecule has 1 N–H and O–H groups in total. The van der Waals surface area contributed by atoms with Gasteiger partial charge in [0.15, 0.2) is 0 Å². The number of ether oxygens (including phenoxy) is 1. The zero-order valence-corrected chi connectivity index (χ0v) is 16.2. The van der Waals surface area contributed by atoms with Crippen molar-refractivity contribution in [3.8, 4) is 22.9 Å². The van der Waals surface area contributed by atoms with Crippen molar-refractivity contribution < 1.29 is 4.74 Å². The minimum absolute atomic E-state index is 0.0568. The molecule has 0 saturated heterocycles. The van der Waals surface area contributed by atoms with Crippen LogP contribution in [0.25, 0.3) is 11.1 Å². The number of nitriles is 1. The Morgan fingerprint density at radius 3 is 2.73 bits per heavy atom. The molecular weight excluding hydrogens is 416 g/mol. The van der Waals surface area contributed by atoms with Crippen LogP contribution in [0.3, 0.4) is 0 Å². The fraction of sp³-hybridized carbons (Fsp3) is 0.100. The lowest BCUT2D eigenvalue weighted by Crippen LogP contribution is -2.13. The summed E-state index contributed by atoms with van der Waals surface area (Å²) in [4.78, 5) is 14.8. The number of hydrogen-bond acceptors (Lipinski definition) is 3. The highest BCUT2D eigenvalue weighted by Gasteiger charge is 2.15. The second-order valence-electron chi connectivity index (χ2n) is 5.74. The first-order valence-electron chi connectivity index (χ1n) is 7.79. The number of rotatable bonds is 4. The van der Waals surface area contributed by atoms with Gasteiger partial charge in [0.05, 0.1) is 0 Å². The highest BCUT2D eigenvalue weighted by atomic mass is 79.9. The largest absolute Gasteiger partial charge is 0.488 e. The maximum atomic E-state index is 12.1. The van der Waals surface area contributed by atoms with Gasteiger partial charge in [0.25, 0.3) is 5.56 Å². The smallest absolute Gasteiger partial charge is 0.266 e. The van der Waals surface area contributed by atoms with Crippen molar-refractivity contribution >= 4 is 27.5 Å². The van der Waals surface area contributed by atoms with E-state index < -0.39 is 5.56 Å². The molecule has 26 heavy (non-hydrogen) atoms. The maximum absolute atomic E-state index is 12.1. The number of pyridine rings is 1. The van der Waals surface area contributed by atoms with Gasteiger partial charge in [-0.3, -0.25) is 4.79 Å². The van der Waals surface area contributed by atoms with Gasteiger partial charge in [-0.15, -0.1) is 0 Å². The van der Waals surface area contributed by atoms with Crippen LogP contribution in [0.4, 0.5) is 0 Å². The minimum Gasteiger partial charge on any atom is -0.488 e. The van der Waals surface area contributed by atoms with Gasteiger partial charge >= 0.3 is 0 Å². The van der Waals surface area contributed by atoms with E-state index in [4.69, 9.17) is 16.3 Å². The zero-order valence-electron chi connectivity index (χ0n) is 13.8. The Hall–Kier alpha value is -2.55. The molecule has 1 heterocycles. The third-order valence-electron chi connectivity index (χ3n) is 3.79. The normalized spacial score (nSPS) is 10.4. The number of nitrogens with one attached hydrogen (secondary N) is 1. The molecule has 0 aliphatic heterocycles.